The molecule has 4 heterocycles. The second-order valence-corrected chi connectivity index (χ2v) is 13.0. The second kappa shape index (κ2) is 11.9. The van der Waals surface area contributed by atoms with Crippen LogP contribution in [0.3, 0.4) is 0 Å². The van der Waals surface area contributed by atoms with Gasteiger partial charge in [-0.1, -0.05) is 19.9 Å². The topological polar surface area (TPSA) is 212 Å². The Kier molecular flexibility index (Phi) is 8.34. The van der Waals surface area contributed by atoms with Gasteiger partial charge in [-0.2, -0.15) is 0 Å². The number of aliphatic hydroxyl groups excluding tert-OH is 5. The molecule has 1 aliphatic heterocycles. The highest BCUT2D eigenvalue weighted by atomic mass is 16.6. The SMILES string of the molecule is CC(CO)N(C[C@H]1O[C@@H](n2cnc3c(N)ncnc32)[C@H](O)[C@@H]1O)C1CC(C(O)Cc2nc3ccc(C(C)(C)CO)cc3[nH]2)C1. The van der Waals surface area contributed by atoms with Crippen LogP contribution in [-0.2, 0) is 16.6 Å². The van der Waals surface area contributed by atoms with Crippen molar-refractivity contribution in [2.75, 3.05) is 25.5 Å². The molecule has 1 saturated carbocycles. The summed E-state index contributed by atoms with van der Waals surface area (Å²) in [7, 11) is 0. The fourth-order valence-corrected chi connectivity index (χ4v) is 6.42. The molecular formula is C30H42N8O6. The smallest absolute Gasteiger partial charge is 0.167 e. The molecule has 3 aromatic heterocycles. The number of H-pyrrole nitrogens is 1. The average molecular weight is 611 g/mol. The Bertz CT molecular complexity index is 1600. The van der Waals surface area contributed by atoms with Crippen molar-refractivity contribution in [1.82, 2.24) is 34.4 Å². The van der Waals surface area contributed by atoms with Crippen LogP contribution in [0.25, 0.3) is 22.2 Å². The lowest BCUT2D eigenvalue weighted by molar-refractivity contribution is -0.0776. The van der Waals surface area contributed by atoms with Gasteiger partial charge in [0.1, 0.15) is 36.0 Å². The molecule has 6 atom stereocenters. The van der Waals surface area contributed by atoms with Crippen molar-refractivity contribution >= 4 is 28.0 Å². The number of rotatable bonds is 11. The molecule has 1 aliphatic carbocycles. The number of nitrogens with zero attached hydrogens (tertiary/aromatic N) is 6. The first-order chi connectivity index (χ1) is 21.0. The summed E-state index contributed by atoms with van der Waals surface area (Å²) in [6.45, 7) is 6.10. The molecule has 14 heteroatoms. The molecule has 6 rings (SSSR count). The van der Waals surface area contributed by atoms with Gasteiger partial charge in [0.2, 0.25) is 0 Å². The molecule has 8 N–H and O–H groups in total. The Morgan fingerprint density at radius 1 is 1.16 bits per heavy atom. The maximum Gasteiger partial charge on any atom is 0.167 e. The zero-order chi connectivity index (χ0) is 31.3. The minimum Gasteiger partial charge on any atom is -0.395 e. The molecule has 2 aliphatic rings. The molecule has 0 amide bonds. The summed E-state index contributed by atoms with van der Waals surface area (Å²) >= 11 is 0. The fraction of sp³-hybridized carbons (Fsp3) is 0.600. The number of nitrogens with two attached hydrogens (primary N) is 1. The molecule has 0 radical (unpaired) electrons. The largest absolute Gasteiger partial charge is 0.395 e. The average Bonchev–Trinajstić information content (AvgIpc) is 3.67. The summed E-state index contributed by atoms with van der Waals surface area (Å²) in [6, 6.07) is 5.74. The molecule has 238 valence electrons. The first kappa shape index (κ1) is 30.8. The lowest BCUT2D eigenvalue weighted by atomic mass is 9.74. The fourth-order valence-electron chi connectivity index (χ4n) is 6.42. The molecule has 1 saturated heterocycles. The van der Waals surface area contributed by atoms with E-state index in [0.29, 0.717) is 36.3 Å². The highest BCUT2D eigenvalue weighted by Gasteiger charge is 2.47. The van der Waals surface area contributed by atoms with E-state index in [1.165, 1.54) is 12.7 Å². The summed E-state index contributed by atoms with van der Waals surface area (Å²) in [5.41, 5.74) is 9.01. The van der Waals surface area contributed by atoms with Crippen molar-refractivity contribution in [3.8, 4) is 0 Å². The van der Waals surface area contributed by atoms with Crippen molar-refractivity contribution < 1.29 is 30.3 Å². The number of hydrogen-bond acceptors (Lipinski definition) is 12. The highest BCUT2D eigenvalue weighted by Crippen LogP contribution is 2.39. The van der Waals surface area contributed by atoms with E-state index in [1.807, 2.05) is 39.0 Å². The Balaban J connectivity index is 1.09. The first-order valence-electron chi connectivity index (χ1n) is 15.1. The third kappa shape index (κ3) is 5.55. The van der Waals surface area contributed by atoms with Crippen molar-refractivity contribution in [1.29, 1.82) is 0 Å². The number of ether oxygens (including phenoxy) is 1. The van der Waals surface area contributed by atoms with Gasteiger partial charge >= 0.3 is 0 Å². The molecule has 44 heavy (non-hydrogen) atoms. The van der Waals surface area contributed by atoms with Crippen LogP contribution in [0.1, 0.15) is 51.2 Å². The van der Waals surface area contributed by atoms with E-state index in [0.717, 1.165) is 16.6 Å². The second-order valence-electron chi connectivity index (χ2n) is 13.0. The van der Waals surface area contributed by atoms with Crippen LogP contribution in [0, 0.1) is 5.92 Å². The molecular weight excluding hydrogens is 568 g/mol. The summed E-state index contributed by atoms with van der Waals surface area (Å²) in [4.78, 5) is 22.5. The van der Waals surface area contributed by atoms with Gasteiger partial charge in [0.15, 0.2) is 17.7 Å². The van der Waals surface area contributed by atoms with Gasteiger partial charge in [0.25, 0.3) is 0 Å². The number of aliphatic hydroxyl groups is 5. The number of nitrogens with one attached hydrogen (secondary N) is 1. The summed E-state index contributed by atoms with van der Waals surface area (Å²) in [5.74, 6) is 0.956. The van der Waals surface area contributed by atoms with Gasteiger partial charge in [-0.05, 0) is 43.4 Å². The van der Waals surface area contributed by atoms with Crippen molar-refractivity contribution in [3.63, 3.8) is 0 Å². The first-order valence-corrected chi connectivity index (χ1v) is 15.1. The van der Waals surface area contributed by atoms with Crippen LogP contribution in [0.15, 0.2) is 30.9 Å². The minimum absolute atomic E-state index is 0.0344. The number of nitrogen functional groups attached to an aromatic ring is 1. The normalized spacial score (nSPS) is 27.3. The molecule has 2 unspecified atom stereocenters. The number of hydrogen-bond donors (Lipinski definition) is 7. The van der Waals surface area contributed by atoms with Gasteiger partial charge < -0.3 is 41.0 Å². The Hall–Kier alpha value is -3.24. The zero-order valence-electron chi connectivity index (χ0n) is 25.2. The van der Waals surface area contributed by atoms with Crippen LogP contribution in [0.4, 0.5) is 5.82 Å². The van der Waals surface area contributed by atoms with E-state index < -0.39 is 30.6 Å². The Morgan fingerprint density at radius 2 is 1.93 bits per heavy atom. The van der Waals surface area contributed by atoms with E-state index in [1.54, 1.807) is 4.57 Å². The maximum absolute atomic E-state index is 11.1. The lowest BCUT2D eigenvalue weighted by Gasteiger charge is -2.47. The summed E-state index contributed by atoms with van der Waals surface area (Å²) in [5, 5.41) is 52.7. The number of benzene rings is 1. The van der Waals surface area contributed by atoms with E-state index in [9.17, 15) is 25.5 Å². The third-order valence-corrected chi connectivity index (χ3v) is 9.49. The molecule has 2 fully saturated rings. The molecule has 0 bridgehead atoms. The maximum atomic E-state index is 11.1. The zero-order valence-corrected chi connectivity index (χ0v) is 25.2. The van der Waals surface area contributed by atoms with Gasteiger partial charge in [0, 0.05) is 30.5 Å². The molecule has 0 spiro atoms. The van der Waals surface area contributed by atoms with Gasteiger partial charge in [-0.15, -0.1) is 0 Å². The Labute approximate surface area is 254 Å². The number of fused-ring (bicyclic) bond motifs is 2. The van der Waals surface area contributed by atoms with Crippen LogP contribution >= 0.6 is 0 Å². The number of anilines is 1. The van der Waals surface area contributed by atoms with E-state index >= 15 is 0 Å². The Morgan fingerprint density at radius 3 is 2.66 bits per heavy atom. The predicted octanol–water partition coefficient (Wildman–Crippen LogP) is 0.239. The van der Waals surface area contributed by atoms with E-state index in [2.05, 4.69) is 29.8 Å². The van der Waals surface area contributed by atoms with Crippen molar-refractivity contribution in [2.24, 2.45) is 5.92 Å². The number of aromatic nitrogens is 6. The molecule has 14 nitrogen and oxygen atoms in total. The van der Waals surface area contributed by atoms with Crippen LogP contribution in [0.5, 0.6) is 0 Å². The predicted molar refractivity (Wildman–Crippen MR) is 161 cm³/mol. The monoisotopic (exact) mass is 610 g/mol. The van der Waals surface area contributed by atoms with E-state index in [-0.39, 0.29) is 49.0 Å². The van der Waals surface area contributed by atoms with Crippen LogP contribution in [-0.4, -0.2) is 116 Å². The van der Waals surface area contributed by atoms with E-state index in [4.69, 9.17) is 10.5 Å². The number of imidazole rings is 2. The lowest BCUT2D eigenvalue weighted by Crippen LogP contribution is -2.55. The van der Waals surface area contributed by atoms with Crippen LogP contribution < -0.4 is 5.73 Å². The van der Waals surface area contributed by atoms with Gasteiger partial charge in [-0.3, -0.25) is 9.47 Å². The van der Waals surface area contributed by atoms with Gasteiger partial charge in [0.05, 0.1) is 36.7 Å². The summed E-state index contributed by atoms with van der Waals surface area (Å²) < 4.78 is 7.71. The molecule has 4 aromatic rings. The third-order valence-electron chi connectivity index (χ3n) is 9.49. The van der Waals surface area contributed by atoms with Gasteiger partial charge in [-0.25, -0.2) is 19.9 Å². The highest BCUT2D eigenvalue weighted by molar-refractivity contribution is 5.81. The standard InChI is InChI=1S/C30H42N8O6/c1-15(11-39)37(10-22-25(42)26(43)29(44-22)38-14-34-24-27(31)32-13-33-28(24)38)18-6-16(7-18)21(41)9-23-35-19-5-4-17(8-20(19)36-23)30(2,3)12-40/h4-5,8,13-16,18,21-22,25-26,29,39-43H,6-7,9-12H2,1-3H3,(H,35,36)(H2,31,32,33)/t15?,16?,18?,21?,22-,25-,26-,29-/m1/s1. The minimum atomic E-state index is -1.23. The number of aromatic amines is 1. The van der Waals surface area contributed by atoms with Crippen molar-refractivity contribution in [2.45, 2.75) is 88.2 Å². The summed E-state index contributed by atoms with van der Waals surface area (Å²) in [6.07, 6.45) is -0.112. The molecule has 1 aromatic carbocycles. The van der Waals surface area contributed by atoms with Crippen LogP contribution in [0.2, 0.25) is 0 Å². The quantitative estimate of drug-likeness (QED) is 0.122. The van der Waals surface area contributed by atoms with Crippen molar-refractivity contribution in [3.05, 3.63) is 42.2 Å².